The van der Waals surface area contributed by atoms with Crippen LogP contribution in [0.15, 0.2) is 61.6 Å². The van der Waals surface area contributed by atoms with Gasteiger partial charge in [-0.15, -0.1) is 0 Å². The lowest BCUT2D eigenvalue weighted by Gasteiger charge is -2.22. The predicted octanol–water partition coefficient (Wildman–Crippen LogP) is 3.18. The molecule has 0 saturated carbocycles. The third kappa shape index (κ3) is 2.75. The highest BCUT2D eigenvalue weighted by molar-refractivity contribution is 5.96. The van der Waals surface area contributed by atoms with Crippen LogP contribution in [0.25, 0.3) is 33.2 Å². The van der Waals surface area contributed by atoms with Crippen molar-refractivity contribution in [2.75, 3.05) is 5.73 Å². The number of carbonyl (C=O) groups is 1. The van der Waals surface area contributed by atoms with Crippen LogP contribution < -0.4 is 11.1 Å². The molecule has 7 nitrogen and oxygen atoms in total. The van der Waals surface area contributed by atoms with E-state index in [1.54, 1.807) is 6.20 Å². The summed E-state index contributed by atoms with van der Waals surface area (Å²) >= 11 is 0. The normalized spacial score (nSPS) is 18.6. The molecule has 4 aromatic rings. The van der Waals surface area contributed by atoms with Gasteiger partial charge in [0.05, 0.1) is 34.7 Å². The second-order valence-electron chi connectivity index (χ2n) is 7.19. The Bertz CT molecular complexity index is 1410. The first-order valence-electron chi connectivity index (χ1n) is 10.1. The molecule has 1 aliphatic rings. The minimum atomic E-state index is -0.769. The van der Waals surface area contributed by atoms with Gasteiger partial charge in [0.25, 0.3) is 0 Å². The van der Waals surface area contributed by atoms with Crippen molar-refractivity contribution < 1.29 is 6.17 Å². The van der Waals surface area contributed by atoms with Gasteiger partial charge in [0.15, 0.2) is 5.82 Å². The van der Waals surface area contributed by atoms with Crippen molar-refractivity contribution in [2.45, 2.75) is 19.4 Å². The van der Waals surface area contributed by atoms with Crippen molar-refractivity contribution in [3.05, 3.63) is 72.8 Å². The van der Waals surface area contributed by atoms with E-state index in [1.807, 2.05) is 47.9 Å². The monoisotopic (exact) mass is 397 g/mol. The smallest absolute Gasteiger partial charge is 0.243 e. The number of aromatic nitrogens is 4. The third-order valence-electron chi connectivity index (χ3n) is 5.29. The number of allylic oxidation sites excluding steroid dienone is 1. The van der Waals surface area contributed by atoms with Gasteiger partial charge in [-0.05, 0) is 30.7 Å². The Morgan fingerprint density at radius 3 is 3.03 bits per heavy atom. The largest absolute Gasteiger partial charge is 0.382 e. The number of pyridine rings is 1. The zero-order valence-corrected chi connectivity index (χ0v) is 16.3. The summed E-state index contributed by atoms with van der Waals surface area (Å²) in [4.78, 5) is 25.2. The second kappa shape index (κ2) is 6.81. The summed E-state index contributed by atoms with van der Waals surface area (Å²) in [5.74, 6) is -0.00871. The lowest BCUT2D eigenvalue weighted by molar-refractivity contribution is -0.116. The molecule has 148 valence electrons. The number of amides is 1. The molecule has 3 heterocycles. The molecule has 0 spiro atoms. The number of hydrogen-bond donors (Lipinski definition) is 2. The number of rotatable bonds is 3. The van der Waals surface area contributed by atoms with Gasteiger partial charge in [-0.1, -0.05) is 30.9 Å². The van der Waals surface area contributed by atoms with Crippen LogP contribution in [-0.2, 0) is 11.2 Å². The van der Waals surface area contributed by atoms with Crippen molar-refractivity contribution in [2.24, 2.45) is 0 Å². The zero-order chi connectivity index (χ0) is 21.7. The van der Waals surface area contributed by atoms with Gasteiger partial charge in [-0.3, -0.25) is 9.78 Å². The Labute approximate surface area is 174 Å². The molecule has 7 heteroatoms. The van der Waals surface area contributed by atoms with Gasteiger partial charge in [0.1, 0.15) is 11.8 Å². The van der Waals surface area contributed by atoms with E-state index in [0.717, 1.165) is 27.9 Å². The molecule has 2 atom stereocenters. The summed E-state index contributed by atoms with van der Waals surface area (Å²) in [7, 11) is 0. The molecule has 1 unspecified atom stereocenters. The SMILES string of the molecule is [2H]C1c2c(n(-c3cnc4ccccc4c3)c3c(N)ncnc23)C(C)=C[C@H]1NC(=O)C=C. The van der Waals surface area contributed by atoms with Crippen molar-refractivity contribution in [3.8, 4) is 5.69 Å². The Hall–Kier alpha value is -4.00. The van der Waals surface area contributed by atoms with Gasteiger partial charge in [0, 0.05) is 18.7 Å². The summed E-state index contributed by atoms with van der Waals surface area (Å²) < 4.78 is 10.9. The van der Waals surface area contributed by atoms with E-state index in [1.165, 1.54) is 12.4 Å². The summed E-state index contributed by atoms with van der Waals surface area (Å²) in [5.41, 5.74) is 11.6. The molecule has 1 aliphatic carbocycles. The lowest BCUT2D eigenvalue weighted by Crippen LogP contribution is -2.35. The average molecular weight is 397 g/mol. The van der Waals surface area contributed by atoms with Crippen molar-refractivity contribution in [1.82, 2.24) is 24.8 Å². The van der Waals surface area contributed by atoms with Gasteiger partial charge in [-0.25, -0.2) is 9.97 Å². The number of nitrogens with zero attached hydrogens (tertiary/aromatic N) is 4. The number of anilines is 1. The highest BCUT2D eigenvalue weighted by atomic mass is 16.1. The van der Waals surface area contributed by atoms with E-state index in [2.05, 4.69) is 26.8 Å². The number of nitrogens with two attached hydrogens (primary N) is 1. The molecule has 0 radical (unpaired) electrons. The molecule has 1 amide bonds. The Morgan fingerprint density at radius 1 is 1.37 bits per heavy atom. The highest BCUT2D eigenvalue weighted by Crippen LogP contribution is 2.38. The number of benzene rings is 1. The van der Waals surface area contributed by atoms with E-state index >= 15 is 0 Å². The van der Waals surface area contributed by atoms with Crippen LogP contribution in [0.4, 0.5) is 5.82 Å². The van der Waals surface area contributed by atoms with Gasteiger partial charge in [-0.2, -0.15) is 0 Å². The quantitative estimate of drug-likeness (QED) is 0.517. The molecule has 0 saturated heterocycles. The lowest BCUT2D eigenvalue weighted by atomic mass is 9.93. The van der Waals surface area contributed by atoms with Crippen LogP contribution >= 0.6 is 0 Å². The number of hydrogen-bond acceptors (Lipinski definition) is 5. The molecule has 3 N–H and O–H groups in total. The van der Waals surface area contributed by atoms with Crippen molar-refractivity contribution in [1.29, 1.82) is 0 Å². The molecule has 5 rings (SSSR count). The number of fused-ring (bicyclic) bond motifs is 4. The molecule has 0 bridgehead atoms. The second-order valence-corrected chi connectivity index (χ2v) is 7.19. The first-order valence-corrected chi connectivity index (χ1v) is 9.53. The summed E-state index contributed by atoms with van der Waals surface area (Å²) in [6, 6.07) is 9.39. The third-order valence-corrected chi connectivity index (χ3v) is 5.29. The molecule has 0 aliphatic heterocycles. The fourth-order valence-electron chi connectivity index (χ4n) is 4.02. The van der Waals surface area contributed by atoms with E-state index in [4.69, 9.17) is 7.10 Å². The standard InChI is InChI=1S/C23H20N6O/c1-3-19(30)28-15-8-13(2)21-17(10-15)20-22(23(24)27-12-26-20)29(21)16-9-14-6-4-5-7-18(14)25-11-16/h3-9,11-12,15H,1,10H2,2H3,(H,28,30)(H2,24,26,27)/t15-/m1/s1/i10D/t10?,15-. The molecular formula is C23H20N6O. The number of carbonyl (C=O) groups excluding carboxylic acids is 1. The molecule has 30 heavy (non-hydrogen) atoms. The summed E-state index contributed by atoms with van der Waals surface area (Å²) in [6.07, 6.45) is 5.50. The van der Waals surface area contributed by atoms with Crippen molar-refractivity contribution >= 4 is 39.2 Å². The topological polar surface area (TPSA) is 98.7 Å². The van der Waals surface area contributed by atoms with E-state index in [-0.39, 0.29) is 5.91 Å². The minimum Gasteiger partial charge on any atom is -0.382 e. The van der Waals surface area contributed by atoms with E-state index < -0.39 is 12.4 Å². The average Bonchev–Trinajstić information content (AvgIpc) is 3.14. The first-order chi connectivity index (χ1) is 15.0. The van der Waals surface area contributed by atoms with Crippen LogP contribution in [0.3, 0.4) is 0 Å². The first kappa shape index (κ1) is 16.9. The molecule has 0 fully saturated rings. The Morgan fingerprint density at radius 2 is 2.20 bits per heavy atom. The molecular weight excluding hydrogens is 376 g/mol. The van der Waals surface area contributed by atoms with E-state index in [0.29, 0.717) is 22.4 Å². The fourth-order valence-corrected chi connectivity index (χ4v) is 4.02. The number of nitrogens with one attached hydrogen (secondary N) is 1. The molecule has 1 aromatic carbocycles. The molecule has 3 aromatic heterocycles. The number of nitrogen functional groups attached to an aromatic ring is 1. The van der Waals surface area contributed by atoms with Crippen LogP contribution in [-0.4, -0.2) is 31.5 Å². The Kier molecular flexibility index (Phi) is 3.84. The van der Waals surface area contributed by atoms with Gasteiger partial charge < -0.3 is 15.6 Å². The zero-order valence-electron chi connectivity index (χ0n) is 17.3. The van der Waals surface area contributed by atoms with Crippen LogP contribution in [0.2, 0.25) is 0 Å². The predicted molar refractivity (Wildman–Crippen MR) is 118 cm³/mol. The fraction of sp³-hybridized carbons (Fsp3) is 0.130. The maximum atomic E-state index is 11.9. The van der Waals surface area contributed by atoms with Gasteiger partial charge >= 0.3 is 0 Å². The number of para-hydroxylation sites is 1. The maximum Gasteiger partial charge on any atom is 0.243 e. The summed E-state index contributed by atoms with van der Waals surface area (Å²) in [5, 5.41) is 3.81. The maximum absolute atomic E-state index is 11.9. The van der Waals surface area contributed by atoms with Crippen molar-refractivity contribution in [3.63, 3.8) is 0 Å². The van der Waals surface area contributed by atoms with Crippen LogP contribution in [0.5, 0.6) is 0 Å². The van der Waals surface area contributed by atoms with Crippen LogP contribution in [0.1, 0.15) is 19.6 Å². The minimum absolute atomic E-state index is 0.319. The highest BCUT2D eigenvalue weighted by Gasteiger charge is 2.28. The van der Waals surface area contributed by atoms with Gasteiger partial charge in [0.2, 0.25) is 5.91 Å². The summed E-state index contributed by atoms with van der Waals surface area (Å²) in [6.45, 7) is 5.45. The Balaban J connectivity index is 1.81. The van der Waals surface area contributed by atoms with Crippen LogP contribution in [0, 0.1) is 0 Å². The van der Waals surface area contributed by atoms with E-state index in [9.17, 15) is 4.79 Å².